The molecular weight excluding hydrogens is 717 g/mol. The molecule has 6 heteroatoms. The van der Waals surface area contributed by atoms with E-state index in [-0.39, 0.29) is 0 Å². The zero-order valence-corrected chi connectivity index (χ0v) is 31.2. The summed E-state index contributed by atoms with van der Waals surface area (Å²) in [4.78, 5) is 15.6. The molecule has 0 bridgehead atoms. The molecule has 0 fully saturated rings. The Hall–Kier alpha value is -7.41. The van der Waals surface area contributed by atoms with Gasteiger partial charge < -0.3 is 8.98 Å². The Morgan fingerprint density at radius 3 is 1.93 bits per heavy atom. The van der Waals surface area contributed by atoms with Crippen LogP contribution in [0.5, 0.6) is 0 Å². The average Bonchev–Trinajstić information content (AvgIpc) is 3.96. The van der Waals surface area contributed by atoms with Gasteiger partial charge in [0, 0.05) is 69.7 Å². The first-order chi connectivity index (χ1) is 28.3. The van der Waals surface area contributed by atoms with E-state index in [9.17, 15) is 0 Å². The first-order valence-electron chi connectivity index (χ1n) is 19.0. The summed E-state index contributed by atoms with van der Waals surface area (Å²) in [5.41, 5.74) is 10.1. The predicted molar refractivity (Wildman–Crippen MR) is 236 cm³/mol. The number of hydrogen-bond donors (Lipinski definition) is 0. The summed E-state index contributed by atoms with van der Waals surface area (Å²) < 4.78 is 11.4. The van der Waals surface area contributed by atoms with E-state index in [1.54, 1.807) is 11.3 Å². The Bertz CT molecular complexity index is 3530. The molecule has 8 aromatic carbocycles. The molecule has 12 rings (SSSR count). The van der Waals surface area contributed by atoms with Crippen LogP contribution in [0.1, 0.15) is 0 Å². The number of furan rings is 1. The molecule has 266 valence electrons. The van der Waals surface area contributed by atoms with Crippen LogP contribution < -0.4 is 0 Å². The number of aromatic nitrogens is 4. The average molecular weight is 747 g/mol. The van der Waals surface area contributed by atoms with Gasteiger partial charge in [-0.25, -0.2) is 15.0 Å². The number of nitrogens with zero attached hydrogens (tertiary/aromatic N) is 4. The normalized spacial score (nSPS) is 11.9. The maximum absolute atomic E-state index is 6.58. The van der Waals surface area contributed by atoms with E-state index in [1.165, 1.54) is 37.3 Å². The van der Waals surface area contributed by atoms with Crippen molar-refractivity contribution in [1.29, 1.82) is 0 Å². The highest BCUT2D eigenvalue weighted by Gasteiger charge is 2.21. The minimum Gasteiger partial charge on any atom is -0.456 e. The molecular formula is C51H30N4OS. The number of fused-ring (bicyclic) bond motifs is 9. The lowest BCUT2D eigenvalue weighted by molar-refractivity contribution is 0.669. The highest BCUT2D eigenvalue weighted by molar-refractivity contribution is 7.26. The fourth-order valence-electron chi connectivity index (χ4n) is 8.53. The van der Waals surface area contributed by atoms with Gasteiger partial charge in [0.25, 0.3) is 0 Å². The molecule has 0 amide bonds. The Labute approximate surface area is 330 Å². The van der Waals surface area contributed by atoms with Crippen LogP contribution in [0.15, 0.2) is 186 Å². The lowest BCUT2D eigenvalue weighted by atomic mass is 9.98. The summed E-state index contributed by atoms with van der Waals surface area (Å²) in [5, 5.41) is 6.86. The summed E-state index contributed by atoms with van der Waals surface area (Å²) in [6.45, 7) is 0. The third kappa shape index (κ3) is 4.98. The van der Waals surface area contributed by atoms with E-state index < -0.39 is 0 Å². The topological polar surface area (TPSA) is 56.7 Å². The molecule has 12 aromatic rings. The van der Waals surface area contributed by atoms with Crippen LogP contribution in [0.3, 0.4) is 0 Å². The van der Waals surface area contributed by atoms with Crippen molar-refractivity contribution in [1.82, 2.24) is 19.5 Å². The van der Waals surface area contributed by atoms with Crippen molar-refractivity contribution in [2.24, 2.45) is 0 Å². The van der Waals surface area contributed by atoms with Crippen molar-refractivity contribution in [3.63, 3.8) is 0 Å². The molecule has 4 aromatic heterocycles. The van der Waals surface area contributed by atoms with Gasteiger partial charge in [0.15, 0.2) is 17.5 Å². The zero-order chi connectivity index (χ0) is 37.5. The van der Waals surface area contributed by atoms with Crippen molar-refractivity contribution in [3.8, 4) is 51.0 Å². The minimum absolute atomic E-state index is 0.599. The number of para-hydroxylation sites is 3. The molecule has 0 aliphatic carbocycles. The second-order valence-electron chi connectivity index (χ2n) is 14.3. The molecule has 0 saturated heterocycles. The standard InChI is InChI=1S/C51H30N4OS/c1-3-14-31(15-4-1)49-52-50(54-51(53-49)40-24-12-22-38-36-19-8-10-27-45(36)57-48(38)40)39-23-13-26-44-46(39)41-30-32(28-29-43(41)56-44)34-20-11-21-37-35-18-7-9-25-42(35)55(47(34)37)33-16-5-2-6-17-33/h1-30H. The molecule has 0 aliphatic heterocycles. The highest BCUT2D eigenvalue weighted by atomic mass is 32.1. The van der Waals surface area contributed by atoms with Crippen LogP contribution in [0, 0.1) is 0 Å². The fraction of sp³-hybridized carbons (Fsp3) is 0. The molecule has 57 heavy (non-hydrogen) atoms. The van der Waals surface area contributed by atoms with Crippen molar-refractivity contribution in [2.45, 2.75) is 0 Å². The lowest BCUT2D eigenvalue weighted by Crippen LogP contribution is -2.00. The van der Waals surface area contributed by atoms with Gasteiger partial charge in [0.1, 0.15) is 11.2 Å². The first kappa shape index (κ1) is 31.9. The van der Waals surface area contributed by atoms with Gasteiger partial charge in [0.2, 0.25) is 0 Å². The van der Waals surface area contributed by atoms with Crippen LogP contribution in [-0.2, 0) is 0 Å². The molecule has 0 unspecified atom stereocenters. The van der Waals surface area contributed by atoms with Crippen molar-refractivity contribution in [3.05, 3.63) is 182 Å². The summed E-state index contributed by atoms with van der Waals surface area (Å²) in [6.07, 6.45) is 0. The van der Waals surface area contributed by atoms with E-state index in [0.29, 0.717) is 17.5 Å². The van der Waals surface area contributed by atoms with Crippen LogP contribution in [0.2, 0.25) is 0 Å². The predicted octanol–water partition coefficient (Wildman–Crippen LogP) is 13.9. The molecule has 0 saturated carbocycles. The second kappa shape index (κ2) is 12.6. The molecule has 0 N–H and O–H groups in total. The van der Waals surface area contributed by atoms with Crippen LogP contribution in [0.25, 0.3) is 115 Å². The van der Waals surface area contributed by atoms with E-state index in [0.717, 1.165) is 60.1 Å². The first-order valence-corrected chi connectivity index (χ1v) is 19.8. The number of benzene rings is 8. The zero-order valence-electron chi connectivity index (χ0n) is 30.4. The fourth-order valence-corrected chi connectivity index (χ4v) is 9.75. The van der Waals surface area contributed by atoms with E-state index in [4.69, 9.17) is 19.4 Å². The Kier molecular flexibility index (Phi) is 7.03. The largest absolute Gasteiger partial charge is 0.456 e. The van der Waals surface area contributed by atoms with E-state index in [2.05, 4.69) is 156 Å². The van der Waals surface area contributed by atoms with E-state index >= 15 is 0 Å². The smallest absolute Gasteiger partial charge is 0.165 e. The third-order valence-electron chi connectivity index (χ3n) is 11.1. The summed E-state index contributed by atoms with van der Waals surface area (Å²) in [7, 11) is 0. The van der Waals surface area contributed by atoms with Gasteiger partial charge in [-0.15, -0.1) is 11.3 Å². The van der Waals surface area contributed by atoms with Crippen LogP contribution in [0.4, 0.5) is 0 Å². The molecule has 5 nitrogen and oxygen atoms in total. The maximum atomic E-state index is 6.58. The van der Waals surface area contributed by atoms with Gasteiger partial charge in [-0.2, -0.15) is 0 Å². The lowest BCUT2D eigenvalue weighted by Gasteiger charge is -2.12. The number of thiophene rings is 1. The van der Waals surface area contributed by atoms with Gasteiger partial charge in [-0.05, 0) is 54.1 Å². The Balaban J connectivity index is 1.10. The minimum atomic E-state index is 0.599. The van der Waals surface area contributed by atoms with Gasteiger partial charge >= 0.3 is 0 Å². The maximum Gasteiger partial charge on any atom is 0.165 e. The summed E-state index contributed by atoms with van der Waals surface area (Å²) >= 11 is 1.78. The van der Waals surface area contributed by atoms with Crippen molar-refractivity contribution < 1.29 is 4.42 Å². The summed E-state index contributed by atoms with van der Waals surface area (Å²) in [6, 6.07) is 63.7. The quantitative estimate of drug-likeness (QED) is 0.176. The van der Waals surface area contributed by atoms with Crippen LogP contribution >= 0.6 is 11.3 Å². The van der Waals surface area contributed by atoms with Gasteiger partial charge in [0.05, 0.1) is 11.0 Å². The van der Waals surface area contributed by atoms with Gasteiger partial charge in [-0.1, -0.05) is 133 Å². The Morgan fingerprint density at radius 2 is 1.07 bits per heavy atom. The van der Waals surface area contributed by atoms with Gasteiger partial charge in [-0.3, -0.25) is 0 Å². The molecule has 0 aliphatic rings. The Morgan fingerprint density at radius 1 is 0.421 bits per heavy atom. The molecule has 0 atom stereocenters. The van der Waals surface area contributed by atoms with Crippen molar-refractivity contribution in [2.75, 3.05) is 0 Å². The number of rotatable bonds is 5. The SMILES string of the molecule is c1ccc(-c2nc(-c3cccc4c3sc3ccccc34)nc(-c3cccc4oc5ccc(-c6cccc7c8ccccc8n(-c8ccccc8)c67)cc5c34)n2)cc1. The van der Waals surface area contributed by atoms with Crippen LogP contribution in [-0.4, -0.2) is 19.5 Å². The monoisotopic (exact) mass is 746 g/mol. The third-order valence-corrected chi connectivity index (χ3v) is 12.3. The summed E-state index contributed by atoms with van der Waals surface area (Å²) in [5.74, 6) is 1.86. The second-order valence-corrected chi connectivity index (χ2v) is 15.4. The molecule has 0 radical (unpaired) electrons. The molecule has 4 heterocycles. The highest BCUT2D eigenvalue weighted by Crippen LogP contribution is 2.43. The number of hydrogen-bond acceptors (Lipinski definition) is 5. The van der Waals surface area contributed by atoms with E-state index in [1.807, 2.05) is 30.3 Å². The molecule has 0 spiro atoms. The van der Waals surface area contributed by atoms with Crippen molar-refractivity contribution >= 4 is 75.3 Å².